The lowest BCUT2D eigenvalue weighted by Crippen LogP contribution is -2.29. The Bertz CT molecular complexity index is 1260. The van der Waals surface area contributed by atoms with Crippen molar-refractivity contribution in [3.63, 3.8) is 0 Å². The Labute approximate surface area is 206 Å². The molecule has 35 heavy (non-hydrogen) atoms. The third kappa shape index (κ3) is 5.86. The van der Waals surface area contributed by atoms with Gasteiger partial charge in [0, 0.05) is 12.1 Å². The van der Waals surface area contributed by atoms with Crippen LogP contribution in [0.4, 0.5) is 0 Å². The minimum absolute atomic E-state index is 0.0825. The van der Waals surface area contributed by atoms with Crippen LogP contribution in [0.1, 0.15) is 34.7 Å². The highest BCUT2D eigenvalue weighted by Gasteiger charge is 2.18. The van der Waals surface area contributed by atoms with Gasteiger partial charge in [0.05, 0.1) is 6.54 Å². The molecule has 4 aromatic rings. The number of carboxylic acids is 1. The van der Waals surface area contributed by atoms with Crippen molar-refractivity contribution in [3.05, 3.63) is 137 Å². The highest BCUT2D eigenvalue weighted by Crippen LogP contribution is 2.38. The first-order chi connectivity index (χ1) is 17.1. The molecular formula is C31H29NO3. The van der Waals surface area contributed by atoms with Crippen LogP contribution >= 0.6 is 0 Å². The van der Waals surface area contributed by atoms with Gasteiger partial charge in [-0.05, 0) is 52.1 Å². The van der Waals surface area contributed by atoms with Crippen LogP contribution in [0.5, 0.6) is 5.75 Å². The summed E-state index contributed by atoms with van der Waals surface area (Å²) in [6.07, 6.45) is 0. The van der Waals surface area contributed by atoms with Crippen LogP contribution < -0.4 is 0 Å². The molecule has 0 spiro atoms. The van der Waals surface area contributed by atoms with Crippen LogP contribution in [0.2, 0.25) is 0 Å². The monoisotopic (exact) mass is 463 g/mol. The van der Waals surface area contributed by atoms with Gasteiger partial charge in [0.15, 0.2) is 0 Å². The summed E-state index contributed by atoms with van der Waals surface area (Å²) in [5.41, 5.74) is 7.03. The van der Waals surface area contributed by atoms with E-state index in [0.29, 0.717) is 18.7 Å². The van der Waals surface area contributed by atoms with Gasteiger partial charge >= 0.3 is 5.97 Å². The lowest BCUT2D eigenvalue weighted by molar-refractivity contribution is -0.138. The molecule has 0 saturated heterocycles. The summed E-state index contributed by atoms with van der Waals surface area (Å²) in [6, 6.07) is 36.4. The van der Waals surface area contributed by atoms with Crippen LogP contribution in [0.25, 0.3) is 11.1 Å². The molecule has 0 saturated carbocycles. The molecule has 0 aliphatic carbocycles. The summed E-state index contributed by atoms with van der Waals surface area (Å²) in [5.74, 6) is -0.728. The first kappa shape index (κ1) is 24.0. The van der Waals surface area contributed by atoms with E-state index in [0.717, 1.165) is 33.4 Å². The fourth-order valence-electron chi connectivity index (χ4n) is 4.30. The van der Waals surface area contributed by atoms with Gasteiger partial charge in [0.1, 0.15) is 5.75 Å². The molecule has 0 amide bonds. The van der Waals surface area contributed by atoms with Crippen LogP contribution in [0.3, 0.4) is 0 Å². The number of hydrogen-bond donors (Lipinski definition) is 2. The molecule has 4 heteroatoms. The van der Waals surface area contributed by atoms with E-state index in [1.54, 1.807) is 11.0 Å². The summed E-state index contributed by atoms with van der Waals surface area (Å²) >= 11 is 0. The number of likely N-dealkylation sites (N-methyl/N-ethyl adjacent to an activating group) is 1. The number of phenolic OH excluding ortho intramolecular Hbond substituents is 1. The highest BCUT2D eigenvalue weighted by molar-refractivity contribution is 6.04. The van der Waals surface area contributed by atoms with E-state index >= 15 is 0 Å². The molecule has 4 nitrogen and oxygen atoms in total. The summed E-state index contributed by atoms with van der Waals surface area (Å²) in [5, 5.41) is 19.9. The molecule has 0 unspecified atom stereocenters. The van der Waals surface area contributed by atoms with Crippen molar-refractivity contribution < 1.29 is 15.0 Å². The van der Waals surface area contributed by atoms with Gasteiger partial charge in [-0.3, -0.25) is 9.69 Å². The molecular weight excluding hydrogens is 434 g/mol. The Balaban J connectivity index is 1.96. The summed E-state index contributed by atoms with van der Waals surface area (Å²) in [6.45, 7) is 2.75. The highest BCUT2D eigenvalue weighted by atomic mass is 16.4. The third-order valence-corrected chi connectivity index (χ3v) is 6.01. The van der Waals surface area contributed by atoms with Gasteiger partial charge in [-0.25, -0.2) is 0 Å². The predicted molar refractivity (Wildman–Crippen MR) is 141 cm³/mol. The number of rotatable bonds is 9. The molecule has 4 rings (SSSR count). The second-order valence-corrected chi connectivity index (χ2v) is 8.39. The topological polar surface area (TPSA) is 60.8 Å². The molecule has 0 radical (unpaired) electrons. The number of carbonyl (C=O) groups is 1. The minimum atomic E-state index is -0.886. The summed E-state index contributed by atoms with van der Waals surface area (Å²) in [7, 11) is 0. The minimum Gasteiger partial charge on any atom is -0.508 e. The van der Waals surface area contributed by atoms with Crippen molar-refractivity contribution in [2.75, 3.05) is 13.1 Å². The molecule has 0 fully saturated rings. The van der Waals surface area contributed by atoms with Crippen LogP contribution in [0, 0.1) is 0 Å². The molecule has 0 aliphatic heterocycles. The number of aliphatic carboxylic acids is 1. The van der Waals surface area contributed by atoms with Crippen LogP contribution in [0.15, 0.2) is 109 Å². The first-order valence-electron chi connectivity index (χ1n) is 11.7. The second-order valence-electron chi connectivity index (χ2n) is 8.39. The van der Waals surface area contributed by atoms with E-state index in [1.807, 2.05) is 73.7 Å². The fourth-order valence-corrected chi connectivity index (χ4v) is 4.30. The first-order valence-corrected chi connectivity index (χ1v) is 11.7. The molecule has 0 bridgehead atoms. The molecule has 176 valence electrons. The van der Waals surface area contributed by atoms with Crippen molar-refractivity contribution in [1.82, 2.24) is 4.90 Å². The third-order valence-electron chi connectivity index (χ3n) is 6.01. The molecule has 4 aromatic carbocycles. The fraction of sp³-hybridized carbons (Fsp3) is 0.129. The van der Waals surface area contributed by atoms with Crippen molar-refractivity contribution >= 4 is 17.1 Å². The van der Waals surface area contributed by atoms with Gasteiger partial charge in [0.2, 0.25) is 0 Å². The zero-order valence-electron chi connectivity index (χ0n) is 19.8. The maximum Gasteiger partial charge on any atom is 0.317 e. The smallest absolute Gasteiger partial charge is 0.317 e. The molecule has 0 heterocycles. The van der Waals surface area contributed by atoms with Gasteiger partial charge in [-0.15, -0.1) is 0 Å². The number of aromatic hydroxyl groups is 1. The van der Waals surface area contributed by atoms with E-state index < -0.39 is 5.97 Å². The van der Waals surface area contributed by atoms with E-state index in [-0.39, 0.29) is 12.3 Å². The molecule has 2 N–H and O–H groups in total. The number of hydrogen-bond acceptors (Lipinski definition) is 3. The Kier molecular flexibility index (Phi) is 7.76. The number of carboxylic acid groups (broad SMARTS) is 1. The zero-order valence-corrected chi connectivity index (χ0v) is 19.8. The van der Waals surface area contributed by atoms with E-state index in [4.69, 9.17) is 0 Å². The number of benzene rings is 4. The van der Waals surface area contributed by atoms with Crippen molar-refractivity contribution in [2.45, 2.75) is 13.5 Å². The SMILES string of the molecule is CCN(CC(=O)O)Cc1cc(C(=C(c2ccccc2)c2ccccc2)c2ccccc2)ccc1O. The van der Waals surface area contributed by atoms with Crippen molar-refractivity contribution in [2.24, 2.45) is 0 Å². The largest absolute Gasteiger partial charge is 0.508 e. The maximum absolute atomic E-state index is 11.3. The predicted octanol–water partition coefficient (Wildman–Crippen LogP) is 6.31. The number of phenols is 1. The second kappa shape index (κ2) is 11.3. The molecule has 0 atom stereocenters. The standard InChI is InChI=1S/C31H29NO3/c1-2-32(22-29(34)35)21-27-20-26(18-19-28(27)33)31(25-16-10-5-11-17-25)30(23-12-6-3-7-13-23)24-14-8-4-9-15-24/h3-20,33H,2,21-22H2,1H3,(H,34,35). The summed E-state index contributed by atoms with van der Waals surface area (Å²) in [4.78, 5) is 13.1. The van der Waals surface area contributed by atoms with Crippen molar-refractivity contribution in [1.29, 1.82) is 0 Å². The average Bonchev–Trinajstić information content (AvgIpc) is 2.89. The Morgan fingerprint density at radius 2 is 1.14 bits per heavy atom. The number of nitrogens with zero attached hydrogens (tertiary/aromatic N) is 1. The Hall–Kier alpha value is -4.15. The van der Waals surface area contributed by atoms with Crippen LogP contribution in [-0.2, 0) is 11.3 Å². The van der Waals surface area contributed by atoms with Gasteiger partial charge in [-0.1, -0.05) is 104 Å². The lowest BCUT2D eigenvalue weighted by atomic mass is 9.85. The van der Waals surface area contributed by atoms with E-state index in [2.05, 4.69) is 36.4 Å². The Morgan fingerprint density at radius 3 is 1.57 bits per heavy atom. The summed E-state index contributed by atoms with van der Waals surface area (Å²) < 4.78 is 0. The molecule has 0 aliphatic rings. The van der Waals surface area contributed by atoms with E-state index in [1.165, 1.54) is 0 Å². The molecule has 0 aromatic heterocycles. The lowest BCUT2D eigenvalue weighted by Gasteiger charge is -2.21. The van der Waals surface area contributed by atoms with Gasteiger partial charge in [0.25, 0.3) is 0 Å². The van der Waals surface area contributed by atoms with E-state index in [9.17, 15) is 15.0 Å². The van der Waals surface area contributed by atoms with Crippen molar-refractivity contribution in [3.8, 4) is 5.75 Å². The maximum atomic E-state index is 11.3. The van der Waals surface area contributed by atoms with Crippen LogP contribution in [-0.4, -0.2) is 34.2 Å². The normalized spacial score (nSPS) is 10.8. The quantitative estimate of drug-likeness (QED) is 0.286. The zero-order chi connectivity index (χ0) is 24.6. The van der Waals surface area contributed by atoms with Gasteiger partial charge in [-0.2, -0.15) is 0 Å². The van der Waals surface area contributed by atoms with Gasteiger partial charge < -0.3 is 10.2 Å². The average molecular weight is 464 g/mol. The Morgan fingerprint density at radius 1 is 0.686 bits per heavy atom.